The molecule has 0 radical (unpaired) electrons. The molecule has 0 spiro atoms. The smallest absolute Gasteiger partial charge is 0.119 e. The van der Waals surface area contributed by atoms with Gasteiger partial charge >= 0.3 is 0 Å². The number of hydrogen-bond donors (Lipinski definition) is 2. The summed E-state index contributed by atoms with van der Waals surface area (Å²) in [6.45, 7) is -0.0622. The van der Waals surface area contributed by atoms with Gasteiger partial charge in [0.25, 0.3) is 0 Å². The Morgan fingerprint density at radius 1 is 1.11 bits per heavy atom. The van der Waals surface area contributed by atoms with E-state index in [0.29, 0.717) is 0 Å². The predicted octanol–water partition coefficient (Wildman–Crippen LogP) is 3.12. The van der Waals surface area contributed by atoms with Crippen molar-refractivity contribution in [1.82, 2.24) is 0 Å². The Bertz CT molecular complexity index is 758. The Hall–Kier alpha value is -2.06. The quantitative estimate of drug-likeness (QED) is 0.431. The minimum absolute atomic E-state index is 0.252. The van der Waals surface area contributed by atoms with Crippen LogP contribution in [0.15, 0.2) is 70.7 Å². The lowest BCUT2D eigenvalue weighted by molar-refractivity contribution is -0.190. The normalized spacial score (nSPS) is 27.7. The van der Waals surface area contributed by atoms with Gasteiger partial charge in [-0.3, -0.25) is 0 Å². The number of aliphatic hydroxyl groups excluding tert-OH is 2. The molecule has 1 heterocycles. The molecule has 0 aromatic heterocycles. The van der Waals surface area contributed by atoms with Crippen molar-refractivity contribution in [2.45, 2.75) is 41.3 Å². The summed E-state index contributed by atoms with van der Waals surface area (Å²) in [6.07, 6.45) is -2.63. The number of rotatable bonds is 7. The van der Waals surface area contributed by atoms with E-state index in [1.165, 1.54) is 11.8 Å². The van der Waals surface area contributed by atoms with Crippen LogP contribution in [0.3, 0.4) is 0 Å². The fourth-order valence-corrected chi connectivity index (χ4v) is 4.07. The Balaban J connectivity index is 1.75. The first-order valence-corrected chi connectivity index (χ1v) is 9.46. The summed E-state index contributed by atoms with van der Waals surface area (Å²) in [5.74, 6) is 0. The Labute approximate surface area is 161 Å². The zero-order chi connectivity index (χ0) is 19.1. The molecule has 0 aliphatic carbocycles. The van der Waals surface area contributed by atoms with Gasteiger partial charge in [-0.2, -0.15) is 0 Å². The fourth-order valence-electron chi connectivity index (χ4n) is 2.94. The third kappa shape index (κ3) is 5.01. The van der Waals surface area contributed by atoms with Crippen molar-refractivity contribution in [1.29, 1.82) is 0 Å². The van der Waals surface area contributed by atoms with E-state index < -0.39 is 29.8 Å². The Morgan fingerprint density at radius 2 is 1.78 bits per heavy atom. The number of nitrogens with zero attached hydrogens (tertiary/aromatic N) is 3. The molecular formula is C19H21N3O4S. The molecule has 5 atom stereocenters. The first kappa shape index (κ1) is 19.7. The molecule has 8 heteroatoms. The minimum atomic E-state index is -1.10. The highest BCUT2D eigenvalue weighted by Gasteiger charge is 2.45. The molecule has 2 aromatic rings. The maximum Gasteiger partial charge on any atom is 0.119 e. The number of thioether (sulfide) groups is 1. The molecule has 3 rings (SSSR count). The van der Waals surface area contributed by atoms with Crippen molar-refractivity contribution in [3.8, 4) is 0 Å². The average Bonchev–Trinajstić information content (AvgIpc) is 2.71. The summed E-state index contributed by atoms with van der Waals surface area (Å²) in [4.78, 5) is 3.77. The number of azide groups is 1. The molecule has 0 saturated carbocycles. The fraction of sp³-hybridized carbons (Fsp3) is 0.368. The second kappa shape index (κ2) is 9.75. The maximum absolute atomic E-state index is 10.8. The van der Waals surface area contributed by atoms with Gasteiger partial charge in [-0.25, -0.2) is 0 Å². The topological polar surface area (TPSA) is 108 Å². The second-order valence-electron chi connectivity index (χ2n) is 6.10. The van der Waals surface area contributed by atoms with Crippen LogP contribution in [0.4, 0.5) is 0 Å². The molecule has 1 fully saturated rings. The van der Waals surface area contributed by atoms with Gasteiger partial charge in [-0.05, 0) is 23.2 Å². The van der Waals surface area contributed by atoms with Crippen LogP contribution in [0.2, 0.25) is 0 Å². The highest BCUT2D eigenvalue weighted by atomic mass is 32.2. The van der Waals surface area contributed by atoms with Gasteiger partial charge in [-0.15, -0.1) is 0 Å². The molecule has 1 saturated heterocycles. The van der Waals surface area contributed by atoms with E-state index in [1.54, 1.807) is 0 Å². The maximum atomic E-state index is 10.8. The van der Waals surface area contributed by atoms with Gasteiger partial charge in [0.2, 0.25) is 0 Å². The predicted molar refractivity (Wildman–Crippen MR) is 102 cm³/mol. The third-order valence-electron chi connectivity index (χ3n) is 4.29. The number of aliphatic hydroxyl groups is 2. The standard InChI is InChI=1S/C19H21N3O4S/c20-22-21-16-17(24)18(25-12-13-7-3-1-4-8-13)15(11-23)26-19(16)27-14-9-5-2-6-10-14/h1-10,15-19,23-24H,11-12H2/t15-,16-,17-,18-,19?/m1/s1. The first-order chi connectivity index (χ1) is 13.2. The van der Waals surface area contributed by atoms with Crippen molar-refractivity contribution in [3.05, 3.63) is 76.7 Å². The molecule has 0 bridgehead atoms. The molecule has 1 aliphatic rings. The third-order valence-corrected chi connectivity index (χ3v) is 5.45. The Kier molecular flexibility index (Phi) is 7.11. The highest BCUT2D eigenvalue weighted by Crippen LogP contribution is 2.36. The summed E-state index contributed by atoms with van der Waals surface area (Å²) < 4.78 is 11.8. The van der Waals surface area contributed by atoms with Crippen LogP contribution in [0.25, 0.3) is 10.4 Å². The molecular weight excluding hydrogens is 366 g/mol. The SMILES string of the molecule is [N-]=[N+]=N[C@H]1C(Sc2ccccc2)O[C@H](CO)[C@@H](OCc2ccccc2)[C@@H]1O. The van der Waals surface area contributed by atoms with Crippen molar-refractivity contribution in [3.63, 3.8) is 0 Å². The van der Waals surface area contributed by atoms with E-state index in [9.17, 15) is 10.2 Å². The van der Waals surface area contributed by atoms with Gasteiger partial charge in [0.05, 0.1) is 19.3 Å². The molecule has 2 N–H and O–H groups in total. The van der Waals surface area contributed by atoms with Crippen LogP contribution in [0.5, 0.6) is 0 Å². The van der Waals surface area contributed by atoms with Gasteiger partial charge in [0, 0.05) is 9.81 Å². The molecule has 0 amide bonds. The van der Waals surface area contributed by atoms with E-state index in [-0.39, 0.29) is 13.2 Å². The van der Waals surface area contributed by atoms with Gasteiger partial charge < -0.3 is 19.7 Å². The van der Waals surface area contributed by atoms with Crippen LogP contribution in [-0.4, -0.2) is 46.6 Å². The summed E-state index contributed by atoms with van der Waals surface area (Å²) >= 11 is 1.34. The van der Waals surface area contributed by atoms with Crippen LogP contribution < -0.4 is 0 Å². The lowest BCUT2D eigenvalue weighted by Gasteiger charge is -2.42. The van der Waals surface area contributed by atoms with Gasteiger partial charge in [0.15, 0.2) is 0 Å². The highest BCUT2D eigenvalue weighted by molar-refractivity contribution is 7.99. The second-order valence-corrected chi connectivity index (χ2v) is 7.28. The zero-order valence-corrected chi connectivity index (χ0v) is 15.4. The van der Waals surface area contributed by atoms with E-state index >= 15 is 0 Å². The van der Waals surface area contributed by atoms with E-state index in [0.717, 1.165) is 10.5 Å². The number of ether oxygens (including phenoxy) is 2. The van der Waals surface area contributed by atoms with E-state index in [2.05, 4.69) is 10.0 Å². The van der Waals surface area contributed by atoms with Crippen LogP contribution in [-0.2, 0) is 16.1 Å². The minimum Gasteiger partial charge on any atom is -0.394 e. The van der Waals surface area contributed by atoms with E-state index in [1.807, 2.05) is 60.7 Å². The van der Waals surface area contributed by atoms with Crippen molar-refractivity contribution >= 4 is 11.8 Å². The van der Waals surface area contributed by atoms with Crippen LogP contribution >= 0.6 is 11.8 Å². The summed E-state index contributed by atoms with van der Waals surface area (Å²) in [6, 6.07) is 18.1. The molecule has 142 valence electrons. The molecule has 27 heavy (non-hydrogen) atoms. The number of benzene rings is 2. The molecule has 7 nitrogen and oxygen atoms in total. The van der Waals surface area contributed by atoms with Crippen LogP contribution in [0.1, 0.15) is 5.56 Å². The lowest BCUT2D eigenvalue weighted by atomic mass is 9.98. The average molecular weight is 387 g/mol. The largest absolute Gasteiger partial charge is 0.394 e. The molecule has 1 aliphatic heterocycles. The van der Waals surface area contributed by atoms with E-state index in [4.69, 9.17) is 15.0 Å². The van der Waals surface area contributed by atoms with Crippen molar-refractivity contribution in [2.24, 2.45) is 5.11 Å². The summed E-state index contributed by atoms with van der Waals surface area (Å²) in [7, 11) is 0. The molecule has 1 unspecified atom stereocenters. The molecule has 2 aromatic carbocycles. The van der Waals surface area contributed by atoms with Gasteiger partial charge in [0.1, 0.15) is 23.7 Å². The lowest BCUT2D eigenvalue weighted by Crippen LogP contribution is -2.57. The Morgan fingerprint density at radius 3 is 2.41 bits per heavy atom. The van der Waals surface area contributed by atoms with Crippen molar-refractivity contribution < 1.29 is 19.7 Å². The van der Waals surface area contributed by atoms with Crippen molar-refractivity contribution in [2.75, 3.05) is 6.61 Å². The first-order valence-electron chi connectivity index (χ1n) is 8.58. The van der Waals surface area contributed by atoms with Crippen LogP contribution in [0, 0.1) is 0 Å². The number of hydrogen-bond acceptors (Lipinski definition) is 6. The summed E-state index contributed by atoms with van der Waals surface area (Å²) in [5.41, 5.74) is 9.23. The summed E-state index contributed by atoms with van der Waals surface area (Å²) in [5, 5.41) is 24.3. The van der Waals surface area contributed by atoms with Gasteiger partial charge in [-0.1, -0.05) is 65.4 Å². The zero-order valence-electron chi connectivity index (χ0n) is 14.5. The monoisotopic (exact) mass is 387 g/mol.